The molecule has 0 fully saturated rings. The number of pyridine rings is 1. The Labute approximate surface area is 86.0 Å². The van der Waals surface area contributed by atoms with Crippen molar-refractivity contribution >= 4 is 27.5 Å². The number of halogens is 4. The summed E-state index contributed by atoms with van der Waals surface area (Å²) in [6.45, 7) is 0. The molecule has 0 aliphatic heterocycles. The predicted octanol–water partition coefficient (Wildman–Crippen LogP) is 2.81. The molecule has 0 amide bonds. The highest BCUT2D eigenvalue weighted by Crippen LogP contribution is 2.22. The van der Waals surface area contributed by atoms with Gasteiger partial charge in [-0.25, -0.2) is 8.78 Å². The highest BCUT2D eigenvalue weighted by atomic mass is 79.9. The topological polar surface area (TPSA) is 32.9 Å². The monoisotopic (exact) mass is 271 g/mol. The van der Waals surface area contributed by atoms with E-state index in [1.807, 2.05) is 0 Å². The zero-order chi connectivity index (χ0) is 10.0. The fraction of sp³-hybridized carbons (Fsp3) is 0.286. The van der Waals surface area contributed by atoms with Crippen molar-refractivity contribution in [2.24, 2.45) is 0 Å². The van der Waals surface area contributed by atoms with Gasteiger partial charge in [0.25, 0.3) is 12.0 Å². The van der Waals surface area contributed by atoms with E-state index in [-0.39, 0.29) is 15.9 Å². The summed E-state index contributed by atoms with van der Waals surface area (Å²) in [6, 6.07) is 1.30. The van der Waals surface area contributed by atoms with E-state index in [9.17, 15) is 13.6 Å². The Bertz CT molecular complexity index is 366. The van der Waals surface area contributed by atoms with Crippen LogP contribution in [-0.4, -0.2) is 4.98 Å². The van der Waals surface area contributed by atoms with Gasteiger partial charge in [0, 0.05) is 5.88 Å². The van der Waals surface area contributed by atoms with Crippen molar-refractivity contribution in [2.75, 3.05) is 0 Å². The van der Waals surface area contributed by atoms with E-state index in [4.69, 9.17) is 11.6 Å². The normalized spacial score (nSPS) is 10.8. The summed E-state index contributed by atoms with van der Waals surface area (Å²) >= 11 is 8.35. The van der Waals surface area contributed by atoms with Gasteiger partial charge in [-0.3, -0.25) is 4.79 Å². The zero-order valence-electron chi connectivity index (χ0n) is 6.28. The van der Waals surface area contributed by atoms with Crippen LogP contribution in [0.1, 0.15) is 17.7 Å². The summed E-state index contributed by atoms with van der Waals surface area (Å²) in [5.41, 5.74) is -0.768. The third kappa shape index (κ3) is 2.28. The number of H-pyrrole nitrogens is 1. The Hall–Kier alpha value is -0.420. The van der Waals surface area contributed by atoms with Crippen molar-refractivity contribution in [3.8, 4) is 0 Å². The molecule has 2 nitrogen and oxygen atoms in total. The molecule has 1 aromatic rings. The van der Waals surface area contributed by atoms with Crippen LogP contribution in [0.4, 0.5) is 8.78 Å². The maximum atomic E-state index is 12.3. The molecular formula is C7H5BrClF2NO. The maximum absolute atomic E-state index is 12.3. The van der Waals surface area contributed by atoms with E-state index < -0.39 is 17.7 Å². The molecule has 13 heavy (non-hydrogen) atoms. The Kier molecular flexibility index (Phi) is 3.44. The summed E-state index contributed by atoms with van der Waals surface area (Å²) in [5, 5.41) is 0. The zero-order valence-corrected chi connectivity index (χ0v) is 8.62. The van der Waals surface area contributed by atoms with Gasteiger partial charge in [-0.05, 0) is 27.6 Å². The molecule has 1 rings (SSSR count). The Morgan fingerprint density at radius 2 is 2.23 bits per heavy atom. The second kappa shape index (κ2) is 4.19. The predicted molar refractivity (Wildman–Crippen MR) is 49.3 cm³/mol. The van der Waals surface area contributed by atoms with Gasteiger partial charge in [-0.1, -0.05) is 0 Å². The van der Waals surface area contributed by atoms with Gasteiger partial charge in [0.2, 0.25) is 0 Å². The minimum absolute atomic E-state index is 0.0605. The van der Waals surface area contributed by atoms with Crippen molar-refractivity contribution < 1.29 is 8.78 Å². The molecule has 0 aliphatic rings. The van der Waals surface area contributed by atoms with Gasteiger partial charge in [-0.2, -0.15) is 0 Å². The van der Waals surface area contributed by atoms with Gasteiger partial charge in [0.15, 0.2) is 0 Å². The van der Waals surface area contributed by atoms with E-state index in [1.165, 1.54) is 6.07 Å². The second-order valence-corrected chi connectivity index (χ2v) is 3.44. The molecule has 6 heteroatoms. The average molecular weight is 272 g/mol. The lowest BCUT2D eigenvalue weighted by molar-refractivity contribution is 0.145. The summed E-state index contributed by atoms with van der Waals surface area (Å²) in [7, 11) is 0. The lowest BCUT2D eigenvalue weighted by atomic mass is 10.2. The summed E-state index contributed by atoms with van der Waals surface area (Å²) in [6.07, 6.45) is -2.71. The largest absolute Gasteiger partial charge is 0.320 e. The van der Waals surface area contributed by atoms with Crippen molar-refractivity contribution in [1.29, 1.82) is 0 Å². The van der Waals surface area contributed by atoms with Gasteiger partial charge in [-0.15, -0.1) is 11.6 Å². The van der Waals surface area contributed by atoms with Crippen LogP contribution in [0.15, 0.2) is 15.3 Å². The first-order valence-electron chi connectivity index (χ1n) is 3.32. The Morgan fingerprint density at radius 3 is 2.69 bits per heavy atom. The molecule has 0 radical (unpaired) electrons. The third-order valence-electron chi connectivity index (χ3n) is 1.47. The summed E-state index contributed by atoms with van der Waals surface area (Å²) in [5.74, 6) is -0.0605. The number of hydrogen-bond donors (Lipinski definition) is 1. The van der Waals surface area contributed by atoms with Crippen LogP contribution in [0.2, 0.25) is 0 Å². The first-order chi connectivity index (χ1) is 6.06. The number of aromatic amines is 1. The molecule has 0 atom stereocenters. The van der Waals surface area contributed by atoms with Crippen LogP contribution >= 0.6 is 27.5 Å². The molecule has 0 spiro atoms. The SMILES string of the molecule is O=c1[nH]c(C(F)F)c(CCl)cc1Br. The molecule has 0 saturated heterocycles. The van der Waals surface area contributed by atoms with E-state index in [0.717, 1.165) is 0 Å². The minimum Gasteiger partial charge on any atom is -0.320 e. The van der Waals surface area contributed by atoms with E-state index >= 15 is 0 Å². The molecular weight excluding hydrogens is 267 g/mol. The number of alkyl halides is 3. The maximum Gasteiger partial charge on any atom is 0.278 e. The van der Waals surface area contributed by atoms with Crippen molar-refractivity contribution in [2.45, 2.75) is 12.3 Å². The van der Waals surface area contributed by atoms with Crippen molar-refractivity contribution in [1.82, 2.24) is 4.98 Å². The number of rotatable bonds is 2. The third-order valence-corrected chi connectivity index (χ3v) is 2.35. The smallest absolute Gasteiger partial charge is 0.278 e. The van der Waals surface area contributed by atoms with Crippen LogP contribution < -0.4 is 5.56 Å². The quantitative estimate of drug-likeness (QED) is 0.825. The minimum atomic E-state index is -2.71. The molecule has 72 valence electrons. The average Bonchev–Trinajstić information content (AvgIpc) is 2.08. The number of nitrogens with one attached hydrogen (secondary N) is 1. The van der Waals surface area contributed by atoms with Crippen molar-refractivity contribution in [3.05, 3.63) is 32.2 Å². The Morgan fingerprint density at radius 1 is 1.62 bits per heavy atom. The lowest BCUT2D eigenvalue weighted by Gasteiger charge is -2.05. The molecule has 0 aromatic carbocycles. The van der Waals surface area contributed by atoms with Crippen LogP contribution in [-0.2, 0) is 5.88 Å². The molecule has 1 heterocycles. The standard InChI is InChI=1S/C7H5BrClF2NO/c8-4-1-3(2-9)5(6(10)11)12-7(4)13/h1,6H,2H2,(H,12,13). The lowest BCUT2D eigenvalue weighted by Crippen LogP contribution is -2.12. The van der Waals surface area contributed by atoms with Crippen LogP contribution in [0.3, 0.4) is 0 Å². The van der Waals surface area contributed by atoms with Crippen LogP contribution in [0.25, 0.3) is 0 Å². The Balaban J connectivity index is 3.33. The first-order valence-corrected chi connectivity index (χ1v) is 4.64. The van der Waals surface area contributed by atoms with E-state index in [0.29, 0.717) is 0 Å². The van der Waals surface area contributed by atoms with Gasteiger partial charge < -0.3 is 4.98 Å². The number of hydrogen-bond acceptors (Lipinski definition) is 1. The highest BCUT2D eigenvalue weighted by Gasteiger charge is 2.14. The van der Waals surface area contributed by atoms with Crippen LogP contribution in [0, 0.1) is 0 Å². The first kappa shape index (κ1) is 10.7. The van der Waals surface area contributed by atoms with E-state index in [1.54, 1.807) is 0 Å². The van der Waals surface area contributed by atoms with Crippen molar-refractivity contribution in [3.63, 3.8) is 0 Å². The molecule has 0 unspecified atom stereocenters. The van der Waals surface area contributed by atoms with E-state index in [2.05, 4.69) is 20.9 Å². The van der Waals surface area contributed by atoms with Gasteiger partial charge >= 0.3 is 0 Å². The van der Waals surface area contributed by atoms with Crippen LogP contribution in [0.5, 0.6) is 0 Å². The highest BCUT2D eigenvalue weighted by molar-refractivity contribution is 9.10. The fourth-order valence-electron chi connectivity index (χ4n) is 0.864. The molecule has 0 bridgehead atoms. The molecule has 0 saturated carbocycles. The molecule has 1 aromatic heterocycles. The fourth-order valence-corrected chi connectivity index (χ4v) is 1.46. The second-order valence-electron chi connectivity index (χ2n) is 2.32. The summed E-state index contributed by atoms with van der Waals surface area (Å²) in [4.78, 5) is 13.0. The summed E-state index contributed by atoms with van der Waals surface area (Å²) < 4.78 is 24.8. The molecule has 1 N–H and O–H groups in total. The number of aromatic nitrogens is 1. The van der Waals surface area contributed by atoms with Gasteiger partial charge in [0.1, 0.15) is 0 Å². The molecule has 0 aliphatic carbocycles. The van der Waals surface area contributed by atoms with Gasteiger partial charge in [0.05, 0.1) is 10.2 Å².